The molecule has 2 fully saturated rings. The van der Waals surface area contributed by atoms with Gasteiger partial charge in [0.2, 0.25) is 5.91 Å². The van der Waals surface area contributed by atoms with Crippen molar-refractivity contribution in [3.63, 3.8) is 0 Å². The van der Waals surface area contributed by atoms with Gasteiger partial charge >= 0.3 is 0 Å². The first-order chi connectivity index (χ1) is 11.1. The van der Waals surface area contributed by atoms with Crippen LogP contribution in [0.3, 0.4) is 0 Å². The topological polar surface area (TPSA) is 49.6 Å². The van der Waals surface area contributed by atoms with Crippen LogP contribution < -0.4 is 10.6 Å². The van der Waals surface area contributed by atoms with Crippen LogP contribution in [-0.2, 0) is 11.2 Å². The van der Waals surface area contributed by atoms with Crippen LogP contribution in [0.25, 0.3) is 0 Å². The van der Waals surface area contributed by atoms with Crippen molar-refractivity contribution in [3.8, 4) is 0 Å². The summed E-state index contributed by atoms with van der Waals surface area (Å²) < 4.78 is 0. The lowest BCUT2D eigenvalue weighted by Gasteiger charge is -2.35. The van der Waals surface area contributed by atoms with Crippen LogP contribution in [0.5, 0.6) is 0 Å². The zero-order valence-electron chi connectivity index (χ0n) is 14.0. The number of nitrogen functional groups attached to an aromatic ring is 1. The summed E-state index contributed by atoms with van der Waals surface area (Å²) in [6.45, 7) is 3.71. The van der Waals surface area contributed by atoms with Crippen molar-refractivity contribution in [2.75, 3.05) is 23.7 Å². The summed E-state index contributed by atoms with van der Waals surface area (Å²) in [6.07, 6.45) is 7.06. The summed E-state index contributed by atoms with van der Waals surface area (Å²) in [7, 11) is 0. The van der Waals surface area contributed by atoms with E-state index in [0.717, 1.165) is 31.0 Å². The van der Waals surface area contributed by atoms with Crippen LogP contribution in [0.15, 0.2) is 18.2 Å². The number of rotatable bonds is 5. The van der Waals surface area contributed by atoms with Gasteiger partial charge in [-0.15, -0.1) is 0 Å². The monoisotopic (exact) mass is 313 g/mol. The van der Waals surface area contributed by atoms with Crippen LogP contribution in [0, 0.1) is 5.92 Å². The van der Waals surface area contributed by atoms with Gasteiger partial charge in [-0.05, 0) is 69.1 Å². The third-order valence-corrected chi connectivity index (χ3v) is 5.68. The molecule has 1 heterocycles. The highest BCUT2D eigenvalue weighted by atomic mass is 16.2. The van der Waals surface area contributed by atoms with E-state index in [1.807, 2.05) is 12.1 Å². The highest BCUT2D eigenvalue weighted by molar-refractivity contribution is 5.83. The third-order valence-electron chi connectivity index (χ3n) is 5.68. The van der Waals surface area contributed by atoms with Crippen LogP contribution in [0.4, 0.5) is 11.4 Å². The van der Waals surface area contributed by atoms with E-state index in [9.17, 15) is 4.79 Å². The van der Waals surface area contributed by atoms with Crippen molar-refractivity contribution in [2.45, 2.75) is 57.5 Å². The molecule has 2 N–H and O–H groups in total. The fraction of sp³-hybridized carbons (Fsp3) is 0.632. The molecule has 4 heteroatoms. The molecule has 0 radical (unpaired) electrons. The number of anilines is 2. The van der Waals surface area contributed by atoms with Crippen molar-refractivity contribution in [3.05, 3.63) is 23.8 Å². The maximum atomic E-state index is 13.0. The number of carbonyl (C=O) groups excluding carboxylic acids is 1. The summed E-state index contributed by atoms with van der Waals surface area (Å²) >= 11 is 0. The molecule has 23 heavy (non-hydrogen) atoms. The van der Waals surface area contributed by atoms with Gasteiger partial charge in [0.25, 0.3) is 0 Å². The molecular formula is C19H27N3O. The largest absolute Gasteiger partial charge is 0.398 e. The molecule has 1 unspecified atom stereocenters. The minimum atomic E-state index is 0.308. The standard InChI is InChI=1S/C19H27N3O/c1-13(14-7-8-14)22(15-9-10-15)19(23)12-21-11-3-4-16-17(20)5-2-6-18(16)21/h2,5-6,13-15H,3-4,7-12,20H2,1H3. The highest BCUT2D eigenvalue weighted by Gasteiger charge is 2.42. The molecule has 0 saturated heterocycles. The summed E-state index contributed by atoms with van der Waals surface area (Å²) in [5.74, 6) is 1.05. The Morgan fingerprint density at radius 1 is 1.35 bits per heavy atom. The highest BCUT2D eigenvalue weighted by Crippen LogP contribution is 2.40. The van der Waals surface area contributed by atoms with Gasteiger partial charge in [0.05, 0.1) is 6.54 Å². The Morgan fingerprint density at radius 3 is 2.83 bits per heavy atom. The van der Waals surface area contributed by atoms with Gasteiger partial charge in [-0.2, -0.15) is 0 Å². The Morgan fingerprint density at radius 2 is 2.13 bits per heavy atom. The Hall–Kier alpha value is -1.71. The molecule has 1 aromatic rings. The maximum Gasteiger partial charge on any atom is 0.242 e. The van der Waals surface area contributed by atoms with E-state index >= 15 is 0 Å². The lowest BCUT2D eigenvalue weighted by molar-refractivity contribution is -0.132. The Labute approximate surface area is 138 Å². The summed E-state index contributed by atoms with van der Waals surface area (Å²) in [4.78, 5) is 17.5. The lowest BCUT2D eigenvalue weighted by atomic mass is 10.00. The number of fused-ring (bicyclic) bond motifs is 1. The molecule has 0 bridgehead atoms. The zero-order valence-corrected chi connectivity index (χ0v) is 14.0. The minimum Gasteiger partial charge on any atom is -0.398 e. The summed E-state index contributed by atoms with van der Waals surface area (Å²) in [5, 5.41) is 0. The first-order valence-corrected chi connectivity index (χ1v) is 9.08. The van der Waals surface area contributed by atoms with Crippen LogP contribution in [-0.4, -0.2) is 36.0 Å². The molecule has 0 spiro atoms. The molecule has 0 aromatic heterocycles. The SMILES string of the molecule is CC(C1CC1)N(C(=O)CN1CCCc2c(N)cccc21)C1CC1. The predicted molar refractivity (Wildman–Crippen MR) is 93.4 cm³/mol. The number of nitrogens with zero attached hydrogens (tertiary/aromatic N) is 2. The average Bonchev–Trinajstić information content (AvgIpc) is 3.41. The number of hydrogen-bond acceptors (Lipinski definition) is 3. The van der Waals surface area contributed by atoms with Gasteiger partial charge in [0.1, 0.15) is 0 Å². The maximum absolute atomic E-state index is 13.0. The number of carbonyl (C=O) groups is 1. The quantitative estimate of drug-likeness (QED) is 0.850. The second-order valence-electron chi connectivity index (χ2n) is 7.48. The van der Waals surface area contributed by atoms with Crippen molar-refractivity contribution in [1.29, 1.82) is 0 Å². The molecule has 4 nitrogen and oxygen atoms in total. The van der Waals surface area contributed by atoms with Crippen molar-refractivity contribution < 1.29 is 4.79 Å². The van der Waals surface area contributed by atoms with E-state index in [0.29, 0.717) is 24.5 Å². The fourth-order valence-corrected chi connectivity index (χ4v) is 4.06. The van der Waals surface area contributed by atoms with Crippen molar-refractivity contribution in [1.82, 2.24) is 4.90 Å². The average molecular weight is 313 g/mol. The van der Waals surface area contributed by atoms with Crippen LogP contribution in [0.2, 0.25) is 0 Å². The van der Waals surface area contributed by atoms with E-state index in [4.69, 9.17) is 5.73 Å². The molecule has 1 atom stereocenters. The van der Waals surface area contributed by atoms with Gasteiger partial charge in [0.15, 0.2) is 0 Å². The molecule has 2 saturated carbocycles. The minimum absolute atomic E-state index is 0.308. The Kier molecular flexibility index (Phi) is 3.70. The second kappa shape index (κ2) is 5.73. The Bertz CT molecular complexity index is 607. The lowest BCUT2D eigenvalue weighted by Crippen LogP contribution is -2.47. The van der Waals surface area contributed by atoms with Gasteiger partial charge in [-0.3, -0.25) is 4.79 Å². The molecule has 1 amide bonds. The molecule has 124 valence electrons. The van der Waals surface area contributed by atoms with Gasteiger partial charge < -0.3 is 15.5 Å². The van der Waals surface area contributed by atoms with E-state index in [2.05, 4.69) is 22.8 Å². The van der Waals surface area contributed by atoms with Crippen molar-refractivity contribution >= 4 is 17.3 Å². The first-order valence-electron chi connectivity index (χ1n) is 9.08. The van der Waals surface area contributed by atoms with Crippen LogP contribution in [0.1, 0.15) is 44.6 Å². The number of amides is 1. The van der Waals surface area contributed by atoms with E-state index in [1.165, 1.54) is 36.9 Å². The number of nitrogens with two attached hydrogens (primary N) is 1. The van der Waals surface area contributed by atoms with Crippen molar-refractivity contribution in [2.24, 2.45) is 5.92 Å². The molecule has 1 aliphatic heterocycles. The molecular weight excluding hydrogens is 286 g/mol. The predicted octanol–water partition coefficient (Wildman–Crippen LogP) is 2.81. The smallest absolute Gasteiger partial charge is 0.242 e. The summed E-state index contributed by atoms with van der Waals surface area (Å²) in [6, 6.07) is 7.01. The molecule has 4 rings (SSSR count). The van der Waals surface area contributed by atoms with Gasteiger partial charge in [-0.1, -0.05) is 6.07 Å². The molecule has 1 aromatic carbocycles. The number of benzene rings is 1. The van der Waals surface area contributed by atoms with E-state index in [-0.39, 0.29) is 0 Å². The van der Waals surface area contributed by atoms with E-state index in [1.54, 1.807) is 0 Å². The Balaban J connectivity index is 1.51. The van der Waals surface area contributed by atoms with Crippen LogP contribution >= 0.6 is 0 Å². The second-order valence-corrected chi connectivity index (χ2v) is 7.48. The molecule has 3 aliphatic rings. The van der Waals surface area contributed by atoms with Gasteiger partial charge in [-0.25, -0.2) is 0 Å². The number of hydrogen-bond donors (Lipinski definition) is 1. The zero-order chi connectivity index (χ0) is 16.0. The normalized spacial score (nSPS) is 21.7. The first kappa shape index (κ1) is 14.9. The molecule has 2 aliphatic carbocycles. The fourth-order valence-electron chi connectivity index (χ4n) is 4.06. The van der Waals surface area contributed by atoms with E-state index < -0.39 is 0 Å². The third kappa shape index (κ3) is 2.91. The van der Waals surface area contributed by atoms with Gasteiger partial charge in [0, 0.05) is 30.0 Å². The summed E-state index contributed by atoms with van der Waals surface area (Å²) in [5.41, 5.74) is 9.38.